The van der Waals surface area contributed by atoms with Crippen LogP contribution in [0.1, 0.15) is 59.8 Å². The number of hydrogen-bond acceptors (Lipinski definition) is 9. The summed E-state index contributed by atoms with van der Waals surface area (Å²) in [5.41, 5.74) is 2.56. The number of nitrogens with zero attached hydrogens (tertiary/aromatic N) is 3. The molecule has 2 amide bonds. The fourth-order valence-electron chi connectivity index (χ4n) is 4.61. The number of likely N-dealkylation sites (N-methyl/N-ethyl adjacent to an activating group) is 1. The second-order valence-corrected chi connectivity index (χ2v) is 13.6. The van der Waals surface area contributed by atoms with E-state index in [-0.39, 0.29) is 24.2 Å². The average molecular weight is 642 g/mol. The summed E-state index contributed by atoms with van der Waals surface area (Å²) in [4.78, 5) is 44.8. The molecule has 2 aliphatic heterocycles. The molecule has 0 radical (unpaired) electrons. The van der Waals surface area contributed by atoms with E-state index in [1.807, 2.05) is 0 Å². The highest BCUT2D eigenvalue weighted by molar-refractivity contribution is 7.93. The summed E-state index contributed by atoms with van der Waals surface area (Å²) in [7, 11) is -2.77. The Kier molecular flexibility index (Phi) is 12.9. The molecule has 0 spiro atoms. The zero-order chi connectivity index (χ0) is 33.0. The van der Waals surface area contributed by atoms with Crippen LogP contribution in [0.15, 0.2) is 57.5 Å². The molecular weight excluding hydrogens is 598 g/mol. The van der Waals surface area contributed by atoms with Crippen molar-refractivity contribution in [3.8, 4) is 11.8 Å². The quantitative estimate of drug-likeness (QED) is 0.199. The molecule has 2 N–H and O–H groups in total. The summed E-state index contributed by atoms with van der Waals surface area (Å²) in [5, 5.41) is 5.97. The zero-order valence-corrected chi connectivity index (χ0v) is 27.4. The lowest BCUT2D eigenvalue weighted by Crippen LogP contribution is -2.53. The molecule has 2 heterocycles. The largest absolute Gasteiger partial charge is 0.458 e. The van der Waals surface area contributed by atoms with E-state index in [2.05, 4.69) is 33.2 Å². The zero-order valence-electron chi connectivity index (χ0n) is 26.6. The lowest BCUT2D eigenvalue weighted by atomic mass is 10.0. The van der Waals surface area contributed by atoms with Crippen LogP contribution in [0.25, 0.3) is 0 Å². The van der Waals surface area contributed by atoms with Crippen molar-refractivity contribution in [2.45, 2.75) is 77.5 Å². The molecule has 1 fully saturated rings. The van der Waals surface area contributed by atoms with E-state index in [4.69, 9.17) is 9.47 Å². The number of esters is 1. The first-order valence-electron chi connectivity index (χ1n) is 15.0. The maximum absolute atomic E-state index is 13.5. The number of allylic oxidation sites excluding steroid dienone is 7. The lowest BCUT2D eigenvalue weighted by molar-refractivity contribution is -0.159. The number of aliphatic imine (C=N–C) groups is 1. The van der Waals surface area contributed by atoms with Crippen molar-refractivity contribution in [1.82, 2.24) is 19.8 Å². The van der Waals surface area contributed by atoms with Crippen LogP contribution in [-0.4, -0.2) is 92.7 Å². The van der Waals surface area contributed by atoms with Crippen LogP contribution in [0.5, 0.6) is 0 Å². The predicted molar refractivity (Wildman–Crippen MR) is 171 cm³/mol. The number of amides is 2. The van der Waals surface area contributed by atoms with E-state index >= 15 is 0 Å². The van der Waals surface area contributed by atoms with Gasteiger partial charge in [-0.3, -0.25) is 9.79 Å². The van der Waals surface area contributed by atoms with E-state index in [0.29, 0.717) is 37.4 Å². The van der Waals surface area contributed by atoms with Crippen LogP contribution < -0.4 is 10.6 Å². The minimum atomic E-state index is -4.08. The molecule has 244 valence electrons. The maximum Gasteiger partial charge on any atom is 0.414 e. The summed E-state index contributed by atoms with van der Waals surface area (Å²) in [6.07, 6.45) is 9.99. The fourth-order valence-corrected chi connectivity index (χ4v) is 5.96. The molecule has 0 unspecified atom stereocenters. The van der Waals surface area contributed by atoms with E-state index in [1.54, 1.807) is 44.7 Å². The molecule has 1 saturated heterocycles. The third kappa shape index (κ3) is 10.9. The molecule has 12 nitrogen and oxygen atoms in total. The summed E-state index contributed by atoms with van der Waals surface area (Å²) in [5.74, 6) is 5.18. The smallest absolute Gasteiger partial charge is 0.414 e. The topological polar surface area (TPSA) is 147 Å². The number of carbonyl (C=O) groups is 3. The third-order valence-corrected chi connectivity index (χ3v) is 8.86. The maximum atomic E-state index is 13.5. The molecule has 0 bridgehead atoms. The van der Waals surface area contributed by atoms with Gasteiger partial charge in [-0.1, -0.05) is 18.8 Å². The van der Waals surface area contributed by atoms with Gasteiger partial charge in [-0.05, 0) is 77.3 Å². The van der Waals surface area contributed by atoms with Gasteiger partial charge in [0.05, 0.1) is 12.6 Å². The lowest BCUT2D eigenvalue weighted by Gasteiger charge is -2.29. The third-order valence-electron chi connectivity index (χ3n) is 7.01. The van der Waals surface area contributed by atoms with Crippen LogP contribution in [0, 0.1) is 11.8 Å². The van der Waals surface area contributed by atoms with Crippen molar-refractivity contribution in [1.29, 1.82) is 0 Å². The van der Waals surface area contributed by atoms with Gasteiger partial charge in [-0.25, -0.2) is 18.0 Å². The predicted octanol–water partition coefficient (Wildman–Crippen LogP) is 2.92. The Morgan fingerprint density at radius 2 is 1.96 bits per heavy atom. The number of ether oxygens (including phenoxy) is 2. The molecule has 3 aliphatic rings. The average Bonchev–Trinajstić information content (AvgIpc) is 3.50. The van der Waals surface area contributed by atoms with Crippen LogP contribution in [0.4, 0.5) is 4.79 Å². The van der Waals surface area contributed by atoms with Gasteiger partial charge in [0.25, 0.3) is 0 Å². The Hall–Kier alpha value is -3.95. The number of sulfonamides is 1. The first kappa shape index (κ1) is 35.5. The SMILES string of the molecule is CC[C@@H](C(=O)N[C@@H](CCC1=CC=C(OC(=O)N2CCCNCC2)CC#C1)C(=O)OC(C)(C)C)N(C)S(=O)(=O)C1=CC=C=CN=C1. The highest BCUT2D eigenvalue weighted by Crippen LogP contribution is 2.20. The van der Waals surface area contributed by atoms with E-state index < -0.39 is 45.7 Å². The minimum Gasteiger partial charge on any atom is -0.458 e. The number of rotatable bonds is 11. The second-order valence-electron chi connectivity index (χ2n) is 11.7. The van der Waals surface area contributed by atoms with Gasteiger partial charge in [-0.15, -0.1) is 5.73 Å². The first-order chi connectivity index (χ1) is 21.3. The highest BCUT2D eigenvalue weighted by Gasteiger charge is 2.35. The molecule has 0 aromatic heterocycles. The Morgan fingerprint density at radius 3 is 2.69 bits per heavy atom. The fraction of sp³-hybridized carbons (Fsp3) is 0.531. The van der Waals surface area contributed by atoms with Crippen molar-refractivity contribution < 1.29 is 32.3 Å². The monoisotopic (exact) mass is 641 g/mol. The van der Waals surface area contributed by atoms with Gasteiger partial charge in [0.15, 0.2) is 0 Å². The number of hydrogen-bond donors (Lipinski definition) is 2. The van der Waals surface area contributed by atoms with Crippen LogP contribution >= 0.6 is 0 Å². The normalized spacial score (nSPS) is 18.2. The van der Waals surface area contributed by atoms with Crippen LogP contribution in [-0.2, 0) is 29.1 Å². The second kappa shape index (κ2) is 16.4. The summed E-state index contributed by atoms with van der Waals surface area (Å²) in [6.45, 7) is 9.59. The molecule has 0 saturated carbocycles. The van der Waals surface area contributed by atoms with Gasteiger partial charge < -0.3 is 25.0 Å². The molecule has 45 heavy (non-hydrogen) atoms. The Balaban J connectivity index is 1.72. The van der Waals surface area contributed by atoms with Crippen molar-refractivity contribution in [2.75, 3.05) is 33.2 Å². The van der Waals surface area contributed by atoms with Crippen molar-refractivity contribution in [3.05, 3.63) is 52.5 Å². The summed E-state index contributed by atoms with van der Waals surface area (Å²) < 4.78 is 38.7. The summed E-state index contributed by atoms with van der Waals surface area (Å²) in [6, 6.07) is -2.18. The van der Waals surface area contributed by atoms with Gasteiger partial charge in [0, 0.05) is 38.5 Å². The molecule has 1 aliphatic carbocycles. The standard InChI is InChI=1S/C32H43N5O7S/c1-6-28(36(5)45(41,42)26-13-7-8-18-34-23-26)29(38)35-27(30(39)44-32(2,3)4)17-15-24-11-9-12-25(16-14-24)43-31(40)37-21-10-19-33-20-22-37/h7,13-14,16,18,23,27-28,33H,6,10,12,15,17,19-22H2,1-5H3,(H,35,38)/t27-,28-/m0/s1. The van der Waals surface area contributed by atoms with Crippen LogP contribution in [0.3, 0.4) is 0 Å². The van der Waals surface area contributed by atoms with Crippen molar-refractivity contribution in [3.63, 3.8) is 0 Å². The molecular formula is C32H43N5O7S. The van der Waals surface area contributed by atoms with Gasteiger partial charge in [0.1, 0.15) is 28.3 Å². The van der Waals surface area contributed by atoms with E-state index in [1.165, 1.54) is 31.6 Å². The molecule has 13 heteroatoms. The van der Waals surface area contributed by atoms with Crippen molar-refractivity contribution >= 4 is 34.2 Å². The molecule has 0 aromatic carbocycles. The Bertz CT molecular complexity index is 1480. The van der Waals surface area contributed by atoms with Gasteiger partial charge in [0.2, 0.25) is 15.9 Å². The Labute approximate surface area is 266 Å². The van der Waals surface area contributed by atoms with Gasteiger partial charge in [-0.2, -0.15) is 4.31 Å². The first-order valence-corrected chi connectivity index (χ1v) is 16.5. The molecule has 3 rings (SSSR count). The Morgan fingerprint density at radius 1 is 1.18 bits per heavy atom. The highest BCUT2D eigenvalue weighted by atomic mass is 32.2. The van der Waals surface area contributed by atoms with E-state index in [9.17, 15) is 22.8 Å². The summed E-state index contributed by atoms with van der Waals surface area (Å²) >= 11 is 0. The minimum absolute atomic E-state index is 0.0957. The van der Waals surface area contributed by atoms with E-state index in [0.717, 1.165) is 17.3 Å². The number of nitrogens with one attached hydrogen (secondary N) is 2. The van der Waals surface area contributed by atoms with Crippen molar-refractivity contribution in [2.24, 2.45) is 4.99 Å². The number of carbonyl (C=O) groups excluding carboxylic acids is 3. The molecule has 2 atom stereocenters. The van der Waals surface area contributed by atoms with Crippen LogP contribution in [0.2, 0.25) is 0 Å². The van der Waals surface area contributed by atoms with Gasteiger partial charge >= 0.3 is 12.1 Å². The molecule has 0 aromatic rings.